The van der Waals surface area contributed by atoms with Crippen molar-refractivity contribution in [3.8, 4) is 6.07 Å². The molecule has 1 saturated heterocycles. The standard InChI is InChI=1S/C14H20N4/c1-3-12-10-18(7-6-17(12)2)14-5-4-11(9-15)8-13(14)16/h4-5,8,12H,3,6-7,10,16H2,1-2H3. The third-order valence-electron chi connectivity index (χ3n) is 3.75. The van der Waals surface area contributed by atoms with Crippen LogP contribution in [0.3, 0.4) is 0 Å². The summed E-state index contributed by atoms with van der Waals surface area (Å²) < 4.78 is 0. The molecule has 2 N–H and O–H groups in total. The lowest BCUT2D eigenvalue weighted by Crippen LogP contribution is -2.51. The van der Waals surface area contributed by atoms with E-state index in [1.807, 2.05) is 12.1 Å². The molecular formula is C14H20N4. The monoisotopic (exact) mass is 244 g/mol. The fourth-order valence-corrected chi connectivity index (χ4v) is 2.52. The summed E-state index contributed by atoms with van der Waals surface area (Å²) in [5, 5.41) is 8.85. The van der Waals surface area contributed by atoms with Crippen LogP contribution in [0.4, 0.5) is 11.4 Å². The Morgan fingerprint density at radius 1 is 1.44 bits per heavy atom. The van der Waals surface area contributed by atoms with E-state index in [-0.39, 0.29) is 0 Å². The van der Waals surface area contributed by atoms with Gasteiger partial charge in [-0.25, -0.2) is 0 Å². The Morgan fingerprint density at radius 3 is 2.83 bits per heavy atom. The van der Waals surface area contributed by atoms with Crippen molar-refractivity contribution in [2.75, 3.05) is 37.3 Å². The predicted molar refractivity (Wildman–Crippen MR) is 74.5 cm³/mol. The normalized spacial score (nSPS) is 20.7. The van der Waals surface area contributed by atoms with E-state index in [4.69, 9.17) is 11.0 Å². The molecule has 4 heteroatoms. The first kappa shape index (κ1) is 12.7. The van der Waals surface area contributed by atoms with Gasteiger partial charge in [0, 0.05) is 25.7 Å². The molecule has 2 rings (SSSR count). The molecule has 1 aromatic rings. The average molecular weight is 244 g/mol. The van der Waals surface area contributed by atoms with E-state index in [1.165, 1.54) is 0 Å². The highest BCUT2D eigenvalue weighted by atomic mass is 15.3. The SMILES string of the molecule is CCC1CN(c2ccc(C#N)cc2N)CCN1C. The fraction of sp³-hybridized carbons (Fsp3) is 0.500. The molecule has 1 unspecified atom stereocenters. The molecule has 4 nitrogen and oxygen atoms in total. The van der Waals surface area contributed by atoms with Crippen LogP contribution in [0.5, 0.6) is 0 Å². The number of benzene rings is 1. The molecule has 0 radical (unpaired) electrons. The Hall–Kier alpha value is -1.73. The topological polar surface area (TPSA) is 56.3 Å². The third kappa shape index (κ3) is 2.41. The van der Waals surface area contributed by atoms with Crippen LogP contribution in [-0.4, -0.2) is 37.6 Å². The van der Waals surface area contributed by atoms with Gasteiger partial charge < -0.3 is 10.6 Å². The minimum atomic E-state index is 0.578. The number of nitrogen functional groups attached to an aromatic ring is 1. The van der Waals surface area contributed by atoms with Crippen LogP contribution in [0, 0.1) is 11.3 Å². The lowest BCUT2D eigenvalue weighted by molar-refractivity contribution is 0.213. The summed E-state index contributed by atoms with van der Waals surface area (Å²) in [7, 11) is 2.17. The molecule has 96 valence electrons. The summed E-state index contributed by atoms with van der Waals surface area (Å²) >= 11 is 0. The zero-order valence-corrected chi connectivity index (χ0v) is 11.1. The molecule has 1 aliphatic rings. The number of piperazine rings is 1. The third-order valence-corrected chi connectivity index (χ3v) is 3.75. The zero-order valence-electron chi connectivity index (χ0n) is 11.1. The second-order valence-electron chi connectivity index (χ2n) is 4.87. The van der Waals surface area contributed by atoms with Gasteiger partial charge in [0.2, 0.25) is 0 Å². The molecule has 1 atom stereocenters. The van der Waals surface area contributed by atoms with E-state index in [2.05, 4.69) is 29.8 Å². The molecule has 1 aromatic carbocycles. The number of nitriles is 1. The molecule has 0 spiro atoms. The van der Waals surface area contributed by atoms with Crippen molar-refractivity contribution >= 4 is 11.4 Å². The summed E-state index contributed by atoms with van der Waals surface area (Å²) in [6, 6.07) is 8.26. The molecule has 0 aromatic heterocycles. The zero-order chi connectivity index (χ0) is 13.1. The van der Waals surface area contributed by atoms with Gasteiger partial charge in [-0.1, -0.05) is 6.92 Å². The summed E-state index contributed by atoms with van der Waals surface area (Å²) in [5.74, 6) is 0. The summed E-state index contributed by atoms with van der Waals surface area (Å²) in [4.78, 5) is 4.72. The van der Waals surface area contributed by atoms with Crippen LogP contribution in [0.2, 0.25) is 0 Å². The fourth-order valence-electron chi connectivity index (χ4n) is 2.52. The Labute approximate surface area is 109 Å². The highest BCUT2D eigenvalue weighted by molar-refractivity contribution is 5.69. The van der Waals surface area contributed by atoms with Gasteiger partial charge in [0.05, 0.1) is 23.0 Å². The number of hydrogen-bond donors (Lipinski definition) is 1. The van der Waals surface area contributed by atoms with Crippen LogP contribution in [0.25, 0.3) is 0 Å². The molecule has 1 heterocycles. The molecule has 1 aliphatic heterocycles. The maximum atomic E-state index is 8.85. The van der Waals surface area contributed by atoms with Crippen LogP contribution in [-0.2, 0) is 0 Å². The van der Waals surface area contributed by atoms with E-state index in [0.717, 1.165) is 31.7 Å². The van der Waals surface area contributed by atoms with Gasteiger partial charge in [-0.3, -0.25) is 4.90 Å². The summed E-state index contributed by atoms with van der Waals surface area (Å²) in [6.07, 6.45) is 1.14. The van der Waals surface area contributed by atoms with E-state index in [1.54, 1.807) is 6.07 Å². The first-order valence-electron chi connectivity index (χ1n) is 6.40. The van der Waals surface area contributed by atoms with Crippen LogP contribution in [0.15, 0.2) is 18.2 Å². The first-order valence-corrected chi connectivity index (χ1v) is 6.40. The molecule has 0 saturated carbocycles. The number of likely N-dealkylation sites (N-methyl/N-ethyl adjacent to an activating group) is 1. The number of anilines is 2. The van der Waals surface area contributed by atoms with Gasteiger partial charge in [-0.2, -0.15) is 5.26 Å². The highest BCUT2D eigenvalue weighted by Gasteiger charge is 2.23. The minimum Gasteiger partial charge on any atom is -0.397 e. The van der Waals surface area contributed by atoms with Crippen LogP contribution in [0.1, 0.15) is 18.9 Å². The smallest absolute Gasteiger partial charge is 0.0992 e. The average Bonchev–Trinajstić information content (AvgIpc) is 2.39. The molecule has 1 fully saturated rings. The maximum Gasteiger partial charge on any atom is 0.0992 e. The van der Waals surface area contributed by atoms with Gasteiger partial charge in [-0.05, 0) is 31.7 Å². The lowest BCUT2D eigenvalue weighted by Gasteiger charge is -2.40. The summed E-state index contributed by atoms with van der Waals surface area (Å²) in [5.41, 5.74) is 8.42. The van der Waals surface area contributed by atoms with E-state index in [0.29, 0.717) is 17.3 Å². The Balaban J connectivity index is 2.20. The van der Waals surface area contributed by atoms with Gasteiger partial charge in [0.15, 0.2) is 0 Å². The second kappa shape index (κ2) is 5.28. The van der Waals surface area contributed by atoms with E-state index in [9.17, 15) is 0 Å². The quantitative estimate of drug-likeness (QED) is 0.804. The largest absolute Gasteiger partial charge is 0.397 e. The number of nitrogens with two attached hydrogens (primary N) is 1. The molecule has 0 aliphatic carbocycles. The number of nitrogens with zero attached hydrogens (tertiary/aromatic N) is 3. The Morgan fingerprint density at radius 2 is 2.22 bits per heavy atom. The first-order chi connectivity index (χ1) is 8.65. The van der Waals surface area contributed by atoms with Crippen molar-refractivity contribution in [1.82, 2.24) is 4.90 Å². The van der Waals surface area contributed by atoms with Crippen molar-refractivity contribution in [1.29, 1.82) is 5.26 Å². The molecule has 18 heavy (non-hydrogen) atoms. The maximum absolute atomic E-state index is 8.85. The lowest BCUT2D eigenvalue weighted by atomic mass is 10.1. The van der Waals surface area contributed by atoms with E-state index < -0.39 is 0 Å². The van der Waals surface area contributed by atoms with Crippen molar-refractivity contribution in [3.63, 3.8) is 0 Å². The van der Waals surface area contributed by atoms with Gasteiger partial charge in [0.25, 0.3) is 0 Å². The number of rotatable bonds is 2. The van der Waals surface area contributed by atoms with Crippen molar-refractivity contribution in [3.05, 3.63) is 23.8 Å². The highest BCUT2D eigenvalue weighted by Crippen LogP contribution is 2.26. The molecule has 0 amide bonds. The van der Waals surface area contributed by atoms with Crippen molar-refractivity contribution in [2.45, 2.75) is 19.4 Å². The molecular weight excluding hydrogens is 224 g/mol. The van der Waals surface area contributed by atoms with Crippen LogP contribution >= 0.6 is 0 Å². The van der Waals surface area contributed by atoms with Crippen molar-refractivity contribution in [2.24, 2.45) is 0 Å². The Kier molecular flexibility index (Phi) is 3.73. The number of hydrogen-bond acceptors (Lipinski definition) is 4. The van der Waals surface area contributed by atoms with Crippen LogP contribution < -0.4 is 10.6 Å². The van der Waals surface area contributed by atoms with Crippen molar-refractivity contribution < 1.29 is 0 Å². The minimum absolute atomic E-state index is 0.578. The summed E-state index contributed by atoms with van der Waals surface area (Å²) in [6.45, 7) is 5.26. The van der Waals surface area contributed by atoms with Gasteiger partial charge in [-0.15, -0.1) is 0 Å². The Bertz CT molecular complexity index is 463. The predicted octanol–water partition coefficient (Wildman–Crippen LogP) is 1.67. The van der Waals surface area contributed by atoms with E-state index >= 15 is 0 Å². The second-order valence-corrected chi connectivity index (χ2v) is 4.87. The van der Waals surface area contributed by atoms with Gasteiger partial charge >= 0.3 is 0 Å². The molecule has 0 bridgehead atoms. The van der Waals surface area contributed by atoms with Gasteiger partial charge in [0.1, 0.15) is 0 Å².